The number of thioether (sulfide) groups is 1. The first-order valence-corrected chi connectivity index (χ1v) is 9.73. The van der Waals surface area contributed by atoms with Gasteiger partial charge in [0.2, 0.25) is 0 Å². The van der Waals surface area contributed by atoms with Gasteiger partial charge in [0, 0.05) is 0 Å². The summed E-state index contributed by atoms with van der Waals surface area (Å²) in [4.78, 5) is 23.1. The number of imide groups is 1. The highest BCUT2D eigenvalue weighted by Crippen LogP contribution is 2.26. The van der Waals surface area contributed by atoms with Gasteiger partial charge in [-0.1, -0.05) is 37.3 Å². The molecule has 2 aromatic carbocycles. The van der Waals surface area contributed by atoms with Crippen LogP contribution in [0.15, 0.2) is 53.4 Å². The molecule has 28 heavy (non-hydrogen) atoms. The summed E-state index contributed by atoms with van der Waals surface area (Å²) in [5, 5.41) is 11.9. The van der Waals surface area contributed by atoms with Gasteiger partial charge in [-0.15, -0.1) is 0 Å². The summed E-state index contributed by atoms with van der Waals surface area (Å²) in [6.07, 6.45) is 1.73. The van der Waals surface area contributed by atoms with Crippen LogP contribution in [-0.4, -0.2) is 35.6 Å². The van der Waals surface area contributed by atoms with Crippen molar-refractivity contribution in [3.05, 3.63) is 64.6 Å². The second-order valence-corrected chi connectivity index (χ2v) is 7.17. The van der Waals surface area contributed by atoms with Crippen LogP contribution in [0.1, 0.15) is 18.1 Å². The van der Waals surface area contributed by atoms with E-state index in [1.807, 2.05) is 24.3 Å². The molecule has 1 fully saturated rings. The molecule has 0 spiro atoms. The van der Waals surface area contributed by atoms with Gasteiger partial charge < -0.3 is 14.6 Å². The lowest BCUT2D eigenvalue weighted by atomic mass is 10.1. The maximum absolute atomic E-state index is 11.6. The minimum atomic E-state index is -0.767. The van der Waals surface area contributed by atoms with Crippen molar-refractivity contribution in [2.24, 2.45) is 0 Å². The SMILES string of the molecule is CCc1ccccc1OC[C@@H](O)COc1ccc(C=C2SC(=O)NC2=O)cc1. The maximum atomic E-state index is 11.6. The minimum absolute atomic E-state index is 0.0987. The van der Waals surface area contributed by atoms with E-state index in [9.17, 15) is 14.7 Å². The fourth-order valence-electron chi connectivity index (χ4n) is 2.60. The van der Waals surface area contributed by atoms with E-state index in [-0.39, 0.29) is 24.4 Å². The smallest absolute Gasteiger partial charge is 0.290 e. The first-order valence-electron chi connectivity index (χ1n) is 8.91. The Morgan fingerprint density at radius 2 is 1.79 bits per heavy atom. The fraction of sp³-hybridized carbons (Fsp3) is 0.238. The first-order chi connectivity index (χ1) is 13.5. The Morgan fingerprint density at radius 1 is 1.07 bits per heavy atom. The summed E-state index contributed by atoms with van der Waals surface area (Å²) in [7, 11) is 0. The van der Waals surface area contributed by atoms with Crippen molar-refractivity contribution in [1.29, 1.82) is 0 Å². The van der Waals surface area contributed by atoms with Crippen molar-refractivity contribution in [3.8, 4) is 11.5 Å². The number of benzene rings is 2. The fourth-order valence-corrected chi connectivity index (χ4v) is 3.28. The van der Waals surface area contributed by atoms with Crippen molar-refractivity contribution >= 4 is 29.0 Å². The van der Waals surface area contributed by atoms with E-state index in [2.05, 4.69) is 12.2 Å². The number of rotatable bonds is 8. The number of para-hydroxylation sites is 1. The average Bonchev–Trinajstić information content (AvgIpc) is 3.02. The highest BCUT2D eigenvalue weighted by molar-refractivity contribution is 8.18. The second-order valence-electron chi connectivity index (χ2n) is 6.16. The van der Waals surface area contributed by atoms with Crippen LogP contribution in [-0.2, 0) is 11.2 Å². The van der Waals surface area contributed by atoms with Crippen molar-refractivity contribution in [1.82, 2.24) is 5.32 Å². The normalized spacial score (nSPS) is 16.1. The van der Waals surface area contributed by atoms with E-state index in [1.54, 1.807) is 30.3 Å². The van der Waals surface area contributed by atoms with Gasteiger partial charge >= 0.3 is 0 Å². The molecule has 146 valence electrons. The topological polar surface area (TPSA) is 84.9 Å². The highest BCUT2D eigenvalue weighted by atomic mass is 32.2. The van der Waals surface area contributed by atoms with E-state index in [0.29, 0.717) is 10.7 Å². The van der Waals surface area contributed by atoms with E-state index >= 15 is 0 Å². The zero-order valence-corrected chi connectivity index (χ0v) is 16.2. The molecule has 0 radical (unpaired) electrons. The molecule has 3 rings (SSSR count). The van der Waals surface area contributed by atoms with Crippen molar-refractivity contribution in [2.45, 2.75) is 19.4 Å². The zero-order chi connectivity index (χ0) is 19.9. The average molecular weight is 399 g/mol. The molecule has 1 saturated heterocycles. The monoisotopic (exact) mass is 399 g/mol. The zero-order valence-electron chi connectivity index (χ0n) is 15.4. The van der Waals surface area contributed by atoms with Gasteiger partial charge in [-0.05, 0) is 53.6 Å². The number of carbonyl (C=O) groups is 2. The molecule has 2 N–H and O–H groups in total. The number of ether oxygens (including phenoxy) is 2. The van der Waals surface area contributed by atoms with Crippen LogP contribution in [0.2, 0.25) is 0 Å². The molecule has 1 aliphatic rings. The second kappa shape index (κ2) is 9.43. The summed E-state index contributed by atoms with van der Waals surface area (Å²) >= 11 is 0.876. The van der Waals surface area contributed by atoms with Crippen LogP contribution in [0, 0.1) is 0 Å². The van der Waals surface area contributed by atoms with Crippen LogP contribution >= 0.6 is 11.8 Å². The Morgan fingerprint density at radius 3 is 2.46 bits per heavy atom. The molecule has 0 aliphatic carbocycles. The molecule has 0 bridgehead atoms. The van der Waals surface area contributed by atoms with Gasteiger partial charge in [0.15, 0.2) is 0 Å². The van der Waals surface area contributed by atoms with Crippen LogP contribution in [0.3, 0.4) is 0 Å². The molecule has 2 aromatic rings. The highest BCUT2D eigenvalue weighted by Gasteiger charge is 2.24. The van der Waals surface area contributed by atoms with E-state index in [1.165, 1.54) is 0 Å². The number of amides is 2. The molecule has 1 atom stereocenters. The summed E-state index contributed by atoms with van der Waals surface area (Å²) < 4.78 is 11.3. The van der Waals surface area contributed by atoms with Crippen molar-refractivity contribution in [2.75, 3.05) is 13.2 Å². The predicted molar refractivity (Wildman–Crippen MR) is 108 cm³/mol. The molecule has 7 heteroatoms. The lowest BCUT2D eigenvalue weighted by molar-refractivity contribution is -0.115. The van der Waals surface area contributed by atoms with Crippen LogP contribution in [0.25, 0.3) is 6.08 Å². The Bertz CT molecular complexity index is 879. The molecule has 0 saturated carbocycles. The van der Waals surface area contributed by atoms with Crippen LogP contribution in [0.4, 0.5) is 4.79 Å². The Hall–Kier alpha value is -2.77. The number of aliphatic hydroxyl groups excluding tert-OH is 1. The number of nitrogens with one attached hydrogen (secondary N) is 1. The number of carbonyl (C=O) groups excluding carboxylic acids is 2. The van der Waals surface area contributed by atoms with E-state index < -0.39 is 6.10 Å². The summed E-state index contributed by atoms with van der Waals surface area (Å²) in [6.45, 7) is 2.29. The summed E-state index contributed by atoms with van der Waals surface area (Å²) in [6, 6.07) is 14.8. The third kappa shape index (κ3) is 5.37. The number of hydrogen-bond acceptors (Lipinski definition) is 6. The molecule has 2 amide bonds. The van der Waals surface area contributed by atoms with Gasteiger partial charge in [-0.25, -0.2) is 0 Å². The quantitative estimate of drug-likeness (QED) is 0.662. The van der Waals surface area contributed by atoms with E-state index in [0.717, 1.165) is 35.1 Å². The number of aliphatic hydroxyl groups is 1. The molecular weight excluding hydrogens is 378 g/mol. The van der Waals surface area contributed by atoms with Crippen molar-refractivity contribution in [3.63, 3.8) is 0 Å². The predicted octanol–water partition coefficient (Wildman–Crippen LogP) is 3.39. The third-order valence-corrected chi connectivity index (χ3v) is 4.86. The van der Waals surface area contributed by atoms with Gasteiger partial charge in [0.1, 0.15) is 30.8 Å². The standard InChI is InChI=1S/C21H21NO5S/c1-2-15-5-3-4-6-18(15)27-13-16(23)12-26-17-9-7-14(8-10-17)11-19-20(24)22-21(25)28-19/h3-11,16,23H,2,12-13H2,1H3,(H,22,24,25)/t16-/m0/s1. The van der Waals surface area contributed by atoms with Gasteiger partial charge in [0.25, 0.3) is 11.1 Å². The van der Waals surface area contributed by atoms with Gasteiger partial charge in [-0.3, -0.25) is 14.9 Å². The summed E-state index contributed by atoms with van der Waals surface area (Å²) in [5.41, 5.74) is 1.87. The van der Waals surface area contributed by atoms with Gasteiger partial charge in [-0.2, -0.15) is 0 Å². The number of aryl methyl sites for hydroxylation is 1. The first kappa shape index (κ1) is 20.0. The van der Waals surface area contributed by atoms with Crippen LogP contribution in [0.5, 0.6) is 11.5 Å². The Kier molecular flexibility index (Phi) is 6.73. The lowest BCUT2D eigenvalue weighted by Crippen LogP contribution is -2.25. The summed E-state index contributed by atoms with van der Waals surface area (Å²) in [5.74, 6) is 0.978. The molecule has 6 nitrogen and oxygen atoms in total. The van der Waals surface area contributed by atoms with Crippen molar-refractivity contribution < 1.29 is 24.2 Å². The van der Waals surface area contributed by atoms with Crippen LogP contribution < -0.4 is 14.8 Å². The molecule has 1 aliphatic heterocycles. The maximum Gasteiger partial charge on any atom is 0.290 e. The van der Waals surface area contributed by atoms with E-state index in [4.69, 9.17) is 9.47 Å². The molecule has 0 aromatic heterocycles. The molecule has 1 heterocycles. The molecule has 0 unspecified atom stereocenters. The Balaban J connectivity index is 1.48. The van der Waals surface area contributed by atoms with Gasteiger partial charge in [0.05, 0.1) is 4.91 Å². The number of hydrogen-bond donors (Lipinski definition) is 2. The third-order valence-electron chi connectivity index (χ3n) is 4.05. The Labute approximate surface area is 167 Å². The minimum Gasteiger partial charge on any atom is -0.491 e. The molecular formula is C21H21NO5S. The lowest BCUT2D eigenvalue weighted by Gasteiger charge is -2.15. The largest absolute Gasteiger partial charge is 0.491 e.